The molecule has 1 heterocycles. The molecule has 0 fully saturated rings. The summed E-state index contributed by atoms with van der Waals surface area (Å²) in [6.45, 7) is 0. The van der Waals surface area contributed by atoms with Crippen LogP contribution in [0.25, 0.3) is 11.4 Å². The third-order valence-electron chi connectivity index (χ3n) is 3.52. The fourth-order valence-corrected chi connectivity index (χ4v) is 2.45. The Labute approximate surface area is 148 Å². The monoisotopic (exact) mass is 359 g/mol. The number of hydrogen-bond acceptors (Lipinski definition) is 4. The van der Waals surface area contributed by atoms with Gasteiger partial charge in [-0.05, 0) is 18.6 Å². The van der Waals surface area contributed by atoms with E-state index >= 15 is 0 Å². The van der Waals surface area contributed by atoms with Crippen LogP contribution in [0.15, 0.2) is 53.1 Å². The van der Waals surface area contributed by atoms with Crippen molar-refractivity contribution in [3.8, 4) is 11.4 Å². The Bertz CT molecular complexity index is 868. The number of benzene rings is 2. The highest BCUT2D eigenvalue weighted by atomic mass is 35.5. The molecule has 1 aromatic heterocycles. The number of nitrogens with one attached hydrogen (secondary N) is 1. The van der Waals surface area contributed by atoms with Gasteiger partial charge in [0.2, 0.25) is 17.6 Å². The van der Waals surface area contributed by atoms with Crippen LogP contribution in [0.4, 0.5) is 10.1 Å². The highest BCUT2D eigenvalue weighted by Crippen LogP contribution is 2.22. The first-order valence-corrected chi connectivity index (χ1v) is 8.13. The number of carbonyl (C=O) groups is 1. The van der Waals surface area contributed by atoms with Crippen molar-refractivity contribution >= 4 is 23.2 Å². The van der Waals surface area contributed by atoms with E-state index in [0.717, 1.165) is 5.56 Å². The van der Waals surface area contributed by atoms with Crippen LogP contribution in [0.1, 0.15) is 18.7 Å². The van der Waals surface area contributed by atoms with Crippen molar-refractivity contribution in [2.45, 2.75) is 19.3 Å². The Morgan fingerprint density at radius 2 is 1.96 bits per heavy atom. The maximum atomic E-state index is 13.7. The molecule has 5 nitrogen and oxygen atoms in total. The maximum Gasteiger partial charge on any atom is 0.226 e. The standard InChI is InChI=1S/C18H15ClFN3O2/c19-13-8-4-9-14(17(13)20)21-15(24)10-5-11-16-22-18(23-25-16)12-6-2-1-3-7-12/h1-4,6-9H,5,10-11H2,(H,21,24). The van der Waals surface area contributed by atoms with Gasteiger partial charge in [0.25, 0.3) is 0 Å². The zero-order valence-electron chi connectivity index (χ0n) is 13.2. The smallest absolute Gasteiger partial charge is 0.226 e. The summed E-state index contributed by atoms with van der Waals surface area (Å²) in [5, 5.41) is 6.40. The van der Waals surface area contributed by atoms with Gasteiger partial charge in [0.05, 0.1) is 10.7 Å². The molecule has 7 heteroatoms. The average Bonchev–Trinajstić information content (AvgIpc) is 3.09. The number of rotatable bonds is 6. The van der Waals surface area contributed by atoms with Gasteiger partial charge in [-0.1, -0.05) is 53.2 Å². The third kappa shape index (κ3) is 4.42. The van der Waals surface area contributed by atoms with Gasteiger partial charge in [0, 0.05) is 18.4 Å². The van der Waals surface area contributed by atoms with Crippen LogP contribution in [-0.4, -0.2) is 16.0 Å². The number of aryl methyl sites for hydroxylation is 1. The third-order valence-corrected chi connectivity index (χ3v) is 3.81. The zero-order valence-corrected chi connectivity index (χ0v) is 14.0. The number of halogens is 2. The van der Waals surface area contributed by atoms with Gasteiger partial charge in [0.15, 0.2) is 5.82 Å². The fraction of sp³-hybridized carbons (Fsp3) is 0.167. The van der Waals surface area contributed by atoms with Crippen LogP contribution in [-0.2, 0) is 11.2 Å². The highest BCUT2D eigenvalue weighted by Gasteiger charge is 2.11. The average molecular weight is 360 g/mol. The topological polar surface area (TPSA) is 68.0 Å². The minimum Gasteiger partial charge on any atom is -0.339 e. The molecule has 3 rings (SSSR count). The molecule has 3 aromatic rings. The summed E-state index contributed by atoms with van der Waals surface area (Å²) in [5.74, 6) is 0.0347. The van der Waals surface area contributed by atoms with Gasteiger partial charge in [-0.3, -0.25) is 4.79 Å². The Kier molecular flexibility index (Phi) is 5.40. The molecule has 0 saturated heterocycles. The van der Waals surface area contributed by atoms with Gasteiger partial charge >= 0.3 is 0 Å². The molecule has 0 aliphatic rings. The lowest BCUT2D eigenvalue weighted by Gasteiger charge is -2.06. The minimum atomic E-state index is -0.637. The van der Waals surface area contributed by atoms with Crippen molar-refractivity contribution in [2.75, 3.05) is 5.32 Å². The molecule has 0 bridgehead atoms. The molecular formula is C18H15ClFN3O2. The minimum absolute atomic E-state index is 0.0305. The van der Waals surface area contributed by atoms with Crippen molar-refractivity contribution in [1.82, 2.24) is 10.1 Å². The summed E-state index contributed by atoms with van der Waals surface area (Å²) in [6.07, 6.45) is 1.17. The molecule has 0 spiro atoms. The molecule has 0 unspecified atom stereocenters. The Hall–Kier alpha value is -2.73. The number of hydrogen-bond donors (Lipinski definition) is 1. The number of amides is 1. The summed E-state index contributed by atoms with van der Waals surface area (Å²) in [7, 11) is 0. The molecule has 0 saturated carbocycles. The van der Waals surface area contributed by atoms with Crippen molar-refractivity contribution < 1.29 is 13.7 Å². The van der Waals surface area contributed by atoms with Crippen LogP contribution in [0.5, 0.6) is 0 Å². The lowest BCUT2D eigenvalue weighted by Crippen LogP contribution is -2.12. The largest absolute Gasteiger partial charge is 0.339 e. The van der Waals surface area contributed by atoms with Crippen LogP contribution in [0.3, 0.4) is 0 Å². The fourth-order valence-electron chi connectivity index (χ4n) is 2.27. The predicted molar refractivity (Wildman–Crippen MR) is 92.7 cm³/mol. The van der Waals surface area contributed by atoms with E-state index in [9.17, 15) is 9.18 Å². The number of nitrogens with zero attached hydrogens (tertiary/aromatic N) is 2. The van der Waals surface area contributed by atoms with E-state index in [2.05, 4.69) is 15.5 Å². The Morgan fingerprint density at radius 3 is 2.76 bits per heavy atom. The van der Waals surface area contributed by atoms with E-state index in [1.807, 2.05) is 30.3 Å². The second-order valence-electron chi connectivity index (χ2n) is 5.38. The van der Waals surface area contributed by atoms with Gasteiger partial charge in [-0.25, -0.2) is 4.39 Å². The van der Waals surface area contributed by atoms with Gasteiger partial charge in [0.1, 0.15) is 0 Å². The molecule has 128 valence electrons. The highest BCUT2D eigenvalue weighted by molar-refractivity contribution is 6.31. The summed E-state index contributed by atoms with van der Waals surface area (Å²) in [6, 6.07) is 13.9. The first-order valence-electron chi connectivity index (χ1n) is 7.75. The van der Waals surface area contributed by atoms with Crippen LogP contribution in [0, 0.1) is 5.82 Å². The van der Waals surface area contributed by atoms with Crippen molar-refractivity contribution in [3.05, 3.63) is 65.3 Å². The Balaban J connectivity index is 1.50. The SMILES string of the molecule is O=C(CCCc1nc(-c2ccccc2)no1)Nc1cccc(Cl)c1F. The van der Waals surface area contributed by atoms with Crippen molar-refractivity contribution in [3.63, 3.8) is 0 Å². The molecule has 2 aromatic carbocycles. The zero-order chi connectivity index (χ0) is 17.6. The number of carbonyl (C=O) groups excluding carboxylic acids is 1. The normalized spacial score (nSPS) is 10.6. The molecule has 25 heavy (non-hydrogen) atoms. The lowest BCUT2D eigenvalue weighted by atomic mass is 10.2. The van der Waals surface area contributed by atoms with E-state index in [0.29, 0.717) is 24.6 Å². The van der Waals surface area contributed by atoms with Gasteiger partial charge in [-0.15, -0.1) is 0 Å². The molecule has 0 radical (unpaired) electrons. The second kappa shape index (κ2) is 7.90. The van der Waals surface area contributed by atoms with Crippen LogP contribution < -0.4 is 5.32 Å². The van der Waals surface area contributed by atoms with E-state index in [1.165, 1.54) is 12.1 Å². The quantitative estimate of drug-likeness (QED) is 0.704. The van der Waals surface area contributed by atoms with Crippen LogP contribution in [0.2, 0.25) is 5.02 Å². The molecule has 0 atom stereocenters. The van der Waals surface area contributed by atoms with E-state index < -0.39 is 5.82 Å². The summed E-state index contributed by atoms with van der Waals surface area (Å²) in [4.78, 5) is 16.2. The first-order chi connectivity index (χ1) is 12.1. The van der Waals surface area contributed by atoms with E-state index in [-0.39, 0.29) is 23.0 Å². The first kappa shape index (κ1) is 17.1. The predicted octanol–water partition coefficient (Wildman–Crippen LogP) is 4.49. The Morgan fingerprint density at radius 1 is 1.16 bits per heavy atom. The summed E-state index contributed by atoms with van der Waals surface area (Å²) < 4.78 is 18.9. The summed E-state index contributed by atoms with van der Waals surface area (Å²) in [5.41, 5.74) is 0.938. The van der Waals surface area contributed by atoms with Crippen molar-refractivity contribution in [2.24, 2.45) is 0 Å². The maximum absolute atomic E-state index is 13.7. The molecule has 0 aliphatic heterocycles. The molecule has 0 aliphatic carbocycles. The second-order valence-corrected chi connectivity index (χ2v) is 5.79. The van der Waals surface area contributed by atoms with Crippen molar-refractivity contribution in [1.29, 1.82) is 0 Å². The molecule has 1 amide bonds. The number of anilines is 1. The van der Waals surface area contributed by atoms with Crippen LogP contribution >= 0.6 is 11.6 Å². The molecular weight excluding hydrogens is 345 g/mol. The van der Waals surface area contributed by atoms with E-state index in [1.54, 1.807) is 6.07 Å². The van der Waals surface area contributed by atoms with Gasteiger partial charge in [-0.2, -0.15) is 4.98 Å². The molecule has 1 N–H and O–H groups in total. The lowest BCUT2D eigenvalue weighted by molar-refractivity contribution is -0.116. The van der Waals surface area contributed by atoms with Gasteiger partial charge < -0.3 is 9.84 Å². The summed E-state index contributed by atoms with van der Waals surface area (Å²) >= 11 is 5.68. The van der Waals surface area contributed by atoms with E-state index in [4.69, 9.17) is 16.1 Å². The number of aromatic nitrogens is 2.